The number of carbonyl (C=O) groups excluding carboxylic acids is 1. The Morgan fingerprint density at radius 3 is 2.33 bits per heavy atom. The molecule has 21 heavy (non-hydrogen) atoms. The Labute approximate surface area is 128 Å². The molecule has 5 heteroatoms. The first kappa shape index (κ1) is 16.7. The molecule has 0 aromatic carbocycles. The maximum atomic E-state index is 10.6. The predicted octanol–water partition coefficient (Wildman–Crippen LogP) is 2.59. The Hall–Kier alpha value is -0.645. The zero-order valence-electron chi connectivity index (χ0n) is 13.7. The molecule has 2 aliphatic rings. The van der Waals surface area contributed by atoms with E-state index in [1.807, 2.05) is 6.08 Å². The molecule has 0 radical (unpaired) electrons. The summed E-state index contributed by atoms with van der Waals surface area (Å²) >= 11 is 0. The number of allylic oxidation sites excluding steroid dienone is 1. The summed E-state index contributed by atoms with van der Waals surface area (Å²) in [6.45, 7) is 10.0. The van der Waals surface area contributed by atoms with Crippen molar-refractivity contribution in [1.82, 2.24) is 5.32 Å². The standard InChI is InChI=1S/C16H28BNO3/c1-15(2)16(3,4)21-17(20-15)14(9-6-10-19)12-18-11-13-7-5-8-13/h6,9-10,13-14,18H,5,7-8,11-12H2,1-4H3/b9-6-/t14-/m0/s1. The molecule has 0 aromatic rings. The van der Waals surface area contributed by atoms with Crippen molar-refractivity contribution in [3.05, 3.63) is 12.2 Å². The summed E-state index contributed by atoms with van der Waals surface area (Å²) in [6.07, 6.45) is 8.27. The molecule has 1 aliphatic carbocycles. The number of hydrogen-bond acceptors (Lipinski definition) is 4. The van der Waals surface area contributed by atoms with Gasteiger partial charge in [-0.15, -0.1) is 0 Å². The molecular formula is C16H28BNO3. The third kappa shape index (κ3) is 3.96. The van der Waals surface area contributed by atoms with Crippen molar-refractivity contribution in [3.63, 3.8) is 0 Å². The lowest BCUT2D eigenvalue weighted by Gasteiger charge is -2.32. The van der Waals surface area contributed by atoms with E-state index in [-0.39, 0.29) is 24.1 Å². The molecule has 1 atom stereocenters. The molecule has 1 saturated carbocycles. The van der Waals surface area contributed by atoms with Crippen LogP contribution < -0.4 is 5.32 Å². The highest BCUT2D eigenvalue weighted by Gasteiger charge is 2.53. The molecular weight excluding hydrogens is 265 g/mol. The summed E-state index contributed by atoms with van der Waals surface area (Å²) in [5, 5.41) is 3.50. The lowest BCUT2D eigenvalue weighted by molar-refractivity contribution is -0.104. The van der Waals surface area contributed by atoms with E-state index in [4.69, 9.17) is 9.31 Å². The molecule has 1 heterocycles. The molecule has 118 valence electrons. The average Bonchev–Trinajstić information content (AvgIpc) is 2.55. The molecule has 1 saturated heterocycles. The first-order valence-corrected chi connectivity index (χ1v) is 8.04. The van der Waals surface area contributed by atoms with Gasteiger partial charge in [-0.25, -0.2) is 0 Å². The summed E-state index contributed by atoms with van der Waals surface area (Å²) in [5.41, 5.74) is -0.669. The first-order valence-electron chi connectivity index (χ1n) is 8.04. The monoisotopic (exact) mass is 293 g/mol. The molecule has 2 rings (SSSR count). The van der Waals surface area contributed by atoms with Gasteiger partial charge in [0, 0.05) is 5.82 Å². The molecule has 1 aliphatic heterocycles. The van der Waals surface area contributed by atoms with Crippen LogP contribution in [-0.4, -0.2) is 37.7 Å². The molecule has 0 aromatic heterocycles. The van der Waals surface area contributed by atoms with E-state index in [0.717, 1.165) is 25.3 Å². The highest BCUT2D eigenvalue weighted by Crippen LogP contribution is 2.40. The van der Waals surface area contributed by atoms with E-state index >= 15 is 0 Å². The first-order chi connectivity index (χ1) is 9.86. The number of aldehydes is 1. The van der Waals surface area contributed by atoms with Crippen molar-refractivity contribution in [2.45, 2.75) is 64.0 Å². The second-order valence-corrected chi connectivity index (χ2v) is 7.26. The van der Waals surface area contributed by atoms with E-state index in [0.29, 0.717) is 0 Å². The molecule has 0 bridgehead atoms. The molecule has 0 spiro atoms. The van der Waals surface area contributed by atoms with Crippen LogP contribution in [0.25, 0.3) is 0 Å². The van der Waals surface area contributed by atoms with E-state index in [9.17, 15) is 4.79 Å². The third-order valence-corrected chi connectivity index (χ3v) is 5.10. The van der Waals surface area contributed by atoms with E-state index in [2.05, 4.69) is 33.0 Å². The van der Waals surface area contributed by atoms with Crippen LogP contribution in [0.1, 0.15) is 47.0 Å². The quantitative estimate of drug-likeness (QED) is 0.445. The van der Waals surface area contributed by atoms with Crippen molar-refractivity contribution in [2.24, 2.45) is 5.92 Å². The predicted molar refractivity (Wildman–Crippen MR) is 85.2 cm³/mol. The van der Waals surface area contributed by atoms with Crippen molar-refractivity contribution >= 4 is 13.4 Å². The Morgan fingerprint density at radius 1 is 1.24 bits per heavy atom. The number of carbonyl (C=O) groups is 1. The average molecular weight is 293 g/mol. The maximum Gasteiger partial charge on any atom is 0.466 e. The van der Waals surface area contributed by atoms with E-state index in [1.165, 1.54) is 19.3 Å². The summed E-state index contributed by atoms with van der Waals surface area (Å²) in [6, 6.07) is 0. The van der Waals surface area contributed by atoms with Gasteiger partial charge in [0.25, 0.3) is 0 Å². The minimum atomic E-state index is -0.334. The SMILES string of the molecule is CC1(C)OB([C@@H](/C=C\C=O)CNCC2CCC2)OC1(C)C. The van der Waals surface area contributed by atoms with Crippen LogP contribution >= 0.6 is 0 Å². The van der Waals surface area contributed by atoms with Crippen molar-refractivity contribution < 1.29 is 14.1 Å². The van der Waals surface area contributed by atoms with Crippen molar-refractivity contribution in [2.75, 3.05) is 13.1 Å². The van der Waals surface area contributed by atoms with Crippen LogP contribution in [0.15, 0.2) is 12.2 Å². The van der Waals surface area contributed by atoms with Crippen LogP contribution in [-0.2, 0) is 14.1 Å². The summed E-state index contributed by atoms with van der Waals surface area (Å²) < 4.78 is 12.2. The molecule has 4 nitrogen and oxygen atoms in total. The van der Waals surface area contributed by atoms with Crippen LogP contribution in [0, 0.1) is 5.92 Å². The van der Waals surface area contributed by atoms with Gasteiger partial charge in [-0.2, -0.15) is 0 Å². The number of nitrogens with one attached hydrogen (secondary N) is 1. The van der Waals surface area contributed by atoms with Gasteiger partial charge >= 0.3 is 7.12 Å². The van der Waals surface area contributed by atoms with Gasteiger partial charge in [0.15, 0.2) is 0 Å². The number of hydrogen-bond donors (Lipinski definition) is 1. The highest BCUT2D eigenvalue weighted by atomic mass is 16.7. The lowest BCUT2D eigenvalue weighted by Crippen LogP contribution is -2.41. The van der Waals surface area contributed by atoms with Gasteiger partial charge in [0.1, 0.15) is 6.29 Å². The Kier molecular flexibility index (Phi) is 5.28. The fourth-order valence-corrected chi connectivity index (χ4v) is 2.66. The van der Waals surface area contributed by atoms with E-state index < -0.39 is 0 Å². The second kappa shape index (κ2) is 6.63. The maximum absolute atomic E-state index is 10.6. The molecule has 0 unspecified atom stereocenters. The number of rotatable bonds is 7. The van der Waals surface area contributed by atoms with Gasteiger partial charge in [0.2, 0.25) is 0 Å². The minimum Gasteiger partial charge on any atom is -0.403 e. The van der Waals surface area contributed by atoms with Crippen molar-refractivity contribution in [1.29, 1.82) is 0 Å². The lowest BCUT2D eigenvalue weighted by atomic mass is 9.71. The second-order valence-electron chi connectivity index (χ2n) is 7.26. The zero-order valence-corrected chi connectivity index (χ0v) is 13.7. The van der Waals surface area contributed by atoms with Crippen LogP contribution in [0.4, 0.5) is 0 Å². The topological polar surface area (TPSA) is 47.6 Å². The minimum absolute atomic E-state index is 0.0522. The fraction of sp³-hybridized carbons (Fsp3) is 0.812. The molecule has 0 amide bonds. The summed E-state index contributed by atoms with van der Waals surface area (Å²) in [4.78, 5) is 10.6. The Balaban J connectivity index is 1.92. The normalized spacial score (nSPS) is 26.0. The van der Waals surface area contributed by atoms with Crippen LogP contribution in [0.5, 0.6) is 0 Å². The highest BCUT2D eigenvalue weighted by molar-refractivity contribution is 6.48. The Morgan fingerprint density at radius 2 is 1.86 bits per heavy atom. The molecule has 1 N–H and O–H groups in total. The van der Waals surface area contributed by atoms with Gasteiger partial charge in [-0.3, -0.25) is 4.79 Å². The van der Waals surface area contributed by atoms with Crippen LogP contribution in [0.2, 0.25) is 5.82 Å². The third-order valence-electron chi connectivity index (χ3n) is 5.10. The van der Waals surface area contributed by atoms with Gasteiger partial charge in [0.05, 0.1) is 11.2 Å². The van der Waals surface area contributed by atoms with E-state index in [1.54, 1.807) is 6.08 Å². The van der Waals surface area contributed by atoms with Gasteiger partial charge in [-0.1, -0.05) is 12.5 Å². The Bertz CT molecular complexity index is 375. The summed E-state index contributed by atoms with van der Waals surface area (Å²) in [7, 11) is -0.305. The fourth-order valence-electron chi connectivity index (χ4n) is 2.66. The van der Waals surface area contributed by atoms with Gasteiger partial charge < -0.3 is 14.6 Å². The summed E-state index contributed by atoms with van der Waals surface area (Å²) in [5.74, 6) is 0.871. The smallest absolute Gasteiger partial charge is 0.403 e. The van der Waals surface area contributed by atoms with Crippen LogP contribution in [0.3, 0.4) is 0 Å². The van der Waals surface area contributed by atoms with Gasteiger partial charge in [-0.05, 0) is 65.6 Å². The van der Waals surface area contributed by atoms with Crippen molar-refractivity contribution in [3.8, 4) is 0 Å². The zero-order chi connectivity index (χ0) is 15.5. The largest absolute Gasteiger partial charge is 0.466 e. The molecule has 2 fully saturated rings.